The molecule has 0 aliphatic rings. The smallest absolute Gasteiger partial charge is 0.189 e. The van der Waals surface area contributed by atoms with Gasteiger partial charge in [-0.15, -0.1) is 5.10 Å². The minimum absolute atomic E-state index is 0.261. The van der Waals surface area contributed by atoms with Crippen LogP contribution in [0.2, 0.25) is 0 Å². The van der Waals surface area contributed by atoms with E-state index >= 15 is 0 Å². The average molecular weight is 334 g/mol. The topological polar surface area (TPSA) is 69.6 Å². The molecule has 0 unspecified atom stereocenters. The fourth-order valence-corrected chi connectivity index (χ4v) is 2.20. The Morgan fingerprint density at radius 1 is 1.15 bits per heavy atom. The lowest BCUT2D eigenvalue weighted by Gasteiger charge is -2.07. The van der Waals surface area contributed by atoms with Gasteiger partial charge in [0, 0.05) is 15.7 Å². The van der Waals surface area contributed by atoms with Gasteiger partial charge in [0.2, 0.25) is 0 Å². The van der Waals surface area contributed by atoms with Crippen LogP contribution in [0.25, 0.3) is 17.1 Å². The Labute approximate surface area is 122 Å². The summed E-state index contributed by atoms with van der Waals surface area (Å²) >= 11 is 3.21. The van der Waals surface area contributed by atoms with Crippen molar-refractivity contribution >= 4 is 21.6 Å². The number of rotatable bonds is 2. The minimum Gasteiger partial charge on any atom is -0.398 e. The van der Waals surface area contributed by atoms with Gasteiger partial charge in [0.05, 0.1) is 0 Å². The van der Waals surface area contributed by atoms with Crippen LogP contribution < -0.4 is 5.73 Å². The molecule has 0 aliphatic carbocycles. The van der Waals surface area contributed by atoms with Gasteiger partial charge in [-0.3, -0.25) is 0 Å². The lowest BCUT2D eigenvalue weighted by molar-refractivity contribution is 0.607. The van der Waals surface area contributed by atoms with Gasteiger partial charge in [0.1, 0.15) is 11.5 Å². The van der Waals surface area contributed by atoms with Crippen LogP contribution in [0.4, 0.5) is 10.1 Å². The Kier molecular flexibility index (Phi) is 3.19. The summed E-state index contributed by atoms with van der Waals surface area (Å²) in [7, 11) is 0. The Bertz CT molecular complexity index is 771. The van der Waals surface area contributed by atoms with Crippen LogP contribution >= 0.6 is 15.9 Å². The molecular formula is C13H9BrFN5. The molecule has 0 radical (unpaired) electrons. The molecule has 7 heteroatoms. The Morgan fingerprint density at radius 2 is 1.95 bits per heavy atom. The summed E-state index contributed by atoms with van der Waals surface area (Å²) in [6, 6.07) is 11.8. The molecule has 3 aromatic rings. The van der Waals surface area contributed by atoms with Crippen molar-refractivity contribution in [3.63, 3.8) is 0 Å². The first-order valence-electron chi connectivity index (χ1n) is 5.75. The number of nitrogen functional groups attached to an aromatic ring is 1. The molecule has 3 rings (SSSR count). The number of nitrogens with two attached hydrogens (primary N) is 1. The van der Waals surface area contributed by atoms with Crippen LogP contribution in [0.3, 0.4) is 0 Å². The predicted octanol–water partition coefficient (Wildman–Crippen LogP) is 2.81. The second kappa shape index (κ2) is 5.01. The summed E-state index contributed by atoms with van der Waals surface area (Å²) < 4.78 is 16.0. The van der Waals surface area contributed by atoms with Crippen LogP contribution in [-0.2, 0) is 0 Å². The molecule has 2 N–H and O–H groups in total. The van der Waals surface area contributed by atoms with Gasteiger partial charge in [0.15, 0.2) is 5.82 Å². The zero-order valence-corrected chi connectivity index (χ0v) is 11.7. The number of hydrogen-bond acceptors (Lipinski definition) is 4. The van der Waals surface area contributed by atoms with Gasteiger partial charge in [-0.25, -0.2) is 4.39 Å². The van der Waals surface area contributed by atoms with E-state index in [4.69, 9.17) is 5.73 Å². The number of benzene rings is 2. The van der Waals surface area contributed by atoms with E-state index in [1.54, 1.807) is 24.3 Å². The maximum atomic E-state index is 14.0. The van der Waals surface area contributed by atoms with Gasteiger partial charge in [0.25, 0.3) is 0 Å². The summed E-state index contributed by atoms with van der Waals surface area (Å²) in [5.74, 6) is -0.0354. The third kappa shape index (κ3) is 2.16. The van der Waals surface area contributed by atoms with E-state index in [0.717, 1.165) is 0 Å². The second-order valence-corrected chi connectivity index (χ2v) is 5.01. The molecule has 100 valence electrons. The lowest BCUT2D eigenvalue weighted by Crippen LogP contribution is -2.03. The van der Waals surface area contributed by atoms with Crippen molar-refractivity contribution in [2.24, 2.45) is 0 Å². The van der Waals surface area contributed by atoms with Crippen LogP contribution in [0, 0.1) is 5.82 Å². The Balaban J connectivity index is 2.18. The molecule has 20 heavy (non-hydrogen) atoms. The molecule has 0 bridgehead atoms. The first-order valence-corrected chi connectivity index (χ1v) is 6.55. The highest BCUT2D eigenvalue weighted by molar-refractivity contribution is 9.10. The molecular weight excluding hydrogens is 325 g/mol. The normalized spacial score (nSPS) is 10.7. The molecule has 5 nitrogen and oxygen atoms in total. The maximum Gasteiger partial charge on any atom is 0.189 e. The SMILES string of the molecule is Nc1ccccc1-c1nnnn1-c1ccc(Br)cc1F. The van der Waals surface area contributed by atoms with E-state index in [-0.39, 0.29) is 5.69 Å². The summed E-state index contributed by atoms with van der Waals surface area (Å²) in [5, 5.41) is 11.4. The van der Waals surface area contributed by atoms with Crippen molar-refractivity contribution in [1.29, 1.82) is 0 Å². The van der Waals surface area contributed by atoms with E-state index in [0.29, 0.717) is 21.5 Å². The number of nitrogens with zero attached hydrogens (tertiary/aromatic N) is 4. The van der Waals surface area contributed by atoms with Gasteiger partial charge in [-0.05, 0) is 40.8 Å². The highest BCUT2D eigenvalue weighted by atomic mass is 79.9. The second-order valence-electron chi connectivity index (χ2n) is 4.10. The van der Waals surface area contributed by atoms with Crippen molar-refractivity contribution in [2.45, 2.75) is 0 Å². The fraction of sp³-hybridized carbons (Fsp3) is 0. The molecule has 0 fully saturated rings. The number of tetrazole rings is 1. The molecule has 0 atom stereocenters. The number of para-hydroxylation sites is 1. The first kappa shape index (κ1) is 12.7. The molecule has 0 amide bonds. The summed E-state index contributed by atoms with van der Waals surface area (Å²) in [4.78, 5) is 0. The van der Waals surface area contributed by atoms with Crippen molar-refractivity contribution < 1.29 is 4.39 Å². The van der Waals surface area contributed by atoms with Gasteiger partial charge in [-0.2, -0.15) is 4.68 Å². The largest absolute Gasteiger partial charge is 0.398 e. The highest BCUT2D eigenvalue weighted by Crippen LogP contribution is 2.26. The van der Waals surface area contributed by atoms with E-state index in [2.05, 4.69) is 31.5 Å². The summed E-state index contributed by atoms with van der Waals surface area (Å²) in [5.41, 5.74) is 7.35. The number of hydrogen-bond donors (Lipinski definition) is 1. The average Bonchev–Trinajstić information content (AvgIpc) is 2.88. The quantitative estimate of drug-likeness (QED) is 0.732. The molecule has 1 heterocycles. The molecule has 0 aliphatic heterocycles. The third-order valence-corrected chi connectivity index (χ3v) is 3.30. The Hall–Kier alpha value is -2.28. The van der Waals surface area contributed by atoms with Crippen LogP contribution in [-0.4, -0.2) is 20.2 Å². The first-order chi connectivity index (χ1) is 9.66. The van der Waals surface area contributed by atoms with Crippen molar-refractivity contribution in [1.82, 2.24) is 20.2 Å². The fourth-order valence-electron chi connectivity index (χ4n) is 1.87. The zero-order valence-electron chi connectivity index (χ0n) is 10.2. The monoisotopic (exact) mass is 333 g/mol. The molecule has 0 saturated heterocycles. The van der Waals surface area contributed by atoms with Crippen LogP contribution in [0.5, 0.6) is 0 Å². The van der Waals surface area contributed by atoms with Crippen LogP contribution in [0.1, 0.15) is 0 Å². The van der Waals surface area contributed by atoms with E-state index < -0.39 is 5.82 Å². The van der Waals surface area contributed by atoms with Gasteiger partial charge in [-0.1, -0.05) is 28.1 Å². The number of anilines is 1. The van der Waals surface area contributed by atoms with Crippen molar-refractivity contribution in [3.05, 3.63) is 52.8 Å². The highest BCUT2D eigenvalue weighted by Gasteiger charge is 2.15. The van der Waals surface area contributed by atoms with Gasteiger partial charge >= 0.3 is 0 Å². The molecule has 0 saturated carbocycles. The number of aromatic nitrogens is 4. The standard InChI is InChI=1S/C13H9BrFN5/c14-8-5-6-12(10(15)7-8)20-13(17-18-19-20)9-3-1-2-4-11(9)16/h1-7H,16H2. The van der Waals surface area contributed by atoms with Crippen molar-refractivity contribution in [2.75, 3.05) is 5.73 Å². The molecule has 2 aromatic carbocycles. The molecule has 1 aromatic heterocycles. The van der Waals surface area contributed by atoms with E-state index in [1.165, 1.54) is 10.7 Å². The van der Waals surface area contributed by atoms with E-state index in [9.17, 15) is 4.39 Å². The van der Waals surface area contributed by atoms with E-state index in [1.807, 2.05) is 12.1 Å². The lowest BCUT2D eigenvalue weighted by atomic mass is 10.1. The van der Waals surface area contributed by atoms with Gasteiger partial charge < -0.3 is 5.73 Å². The summed E-state index contributed by atoms with van der Waals surface area (Å²) in [6.07, 6.45) is 0. The number of halogens is 2. The third-order valence-electron chi connectivity index (χ3n) is 2.81. The maximum absolute atomic E-state index is 14.0. The summed E-state index contributed by atoms with van der Waals surface area (Å²) in [6.45, 7) is 0. The van der Waals surface area contributed by atoms with Crippen LogP contribution in [0.15, 0.2) is 46.9 Å². The zero-order chi connectivity index (χ0) is 14.1. The minimum atomic E-state index is -0.428. The Morgan fingerprint density at radius 3 is 2.70 bits per heavy atom. The molecule has 0 spiro atoms. The van der Waals surface area contributed by atoms with Crippen molar-refractivity contribution in [3.8, 4) is 17.1 Å². The predicted molar refractivity (Wildman–Crippen MR) is 76.7 cm³/mol.